The summed E-state index contributed by atoms with van der Waals surface area (Å²) in [6.07, 6.45) is 2.37. The minimum atomic E-state index is -0.479. The molecule has 0 heterocycles. The number of benzene rings is 2. The Morgan fingerprint density at radius 1 is 1.32 bits per heavy atom. The molecule has 0 atom stereocenters. The standard InChI is InChI=1S/C19H16BrClN2O2/c1-2-9-25-18-8-3-13(11-17(18)21)10-14(12-22)19(24)23-16-6-4-15(20)5-7-16/h3-8,10-11H,2,9H2,1H3,(H,23,24)/b14-10+. The molecule has 128 valence electrons. The predicted octanol–water partition coefficient (Wildman–Crippen LogP) is 5.44. The van der Waals surface area contributed by atoms with Gasteiger partial charge in [0.15, 0.2) is 0 Å². The molecule has 4 nitrogen and oxygen atoms in total. The number of halogens is 2. The van der Waals surface area contributed by atoms with E-state index < -0.39 is 5.91 Å². The van der Waals surface area contributed by atoms with Gasteiger partial charge in [0.05, 0.1) is 11.6 Å². The highest BCUT2D eigenvalue weighted by Crippen LogP contribution is 2.26. The molecule has 0 aliphatic rings. The van der Waals surface area contributed by atoms with E-state index in [-0.39, 0.29) is 5.57 Å². The lowest BCUT2D eigenvalue weighted by atomic mass is 10.1. The van der Waals surface area contributed by atoms with Gasteiger partial charge in [-0.25, -0.2) is 0 Å². The second-order valence-electron chi connectivity index (χ2n) is 5.17. The van der Waals surface area contributed by atoms with Gasteiger partial charge in [-0.1, -0.05) is 40.5 Å². The molecule has 1 N–H and O–H groups in total. The van der Waals surface area contributed by atoms with Crippen molar-refractivity contribution in [1.29, 1.82) is 5.26 Å². The third kappa shape index (κ3) is 5.63. The van der Waals surface area contributed by atoms with Crippen molar-refractivity contribution in [3.8, 4) is 11.8 Å². The Morgan fingerprint density at radius 3 is 2.64 bits per heavy atom. The number of nitrogens with one attached hydrogen (secondary N) is 1. The fourth-order valence-corrected chi connectivity index (χ4v) is 2.49. The van der Waals surface area contributed by atoms with Crippen LogP contribution in [0.5, 0.6) is 5.75 Å². The first kappa shape index (κ1) is 19.0. The predicted molar refractivity (Wildman–Crippen MR) is 104 cm³/mol. The van der Waals surface area contributed by atoms with Crippen LogP contribution in [0.3, 0.4) is 0 Å². The van der Waals surface area contributed by atoms with E-state index in [1.165, 1.54) is 6.08 Å². The fraction of sp³-hybridized carbons (Fsp3) is 0.158. The molecule has 0 fully saturated rings. The maximum atomic E-state index is 12.3. The largest absolute Gasteiger partial charge is 0.492 e. The van der Waals surface area contributed by atoms with Gasteiger partial charge in [-0.3, -0.25) is 4.79 Å². The normalized spacial score (nSPS) is 10.9. The molecule has 2 rings (SSSR count). The number of nitriles is 1. The Hall–Kier alpha value is -2.29. The lowest BCUT2D eigenvalue weighted by molar-refractivity contribution is -0.112. The number of anilines is 1. The summed E-state index contributed by atoms with van der Waals surface area (Å²) >= 11 is 9.50. The van der Waals surface area contributed by atoms with Crippen LogP contribution in [-0.2, 0) is 4.79 Å². The average molecular weight is 420 g/mol. The van der Waals surface area contributed by atoms with Gasteiger partial charge in [0.1, 0.15) is 17.4 Å². The number of hydrogen-bond donors (Lipinski definition) is 1. The van der Waals surface area contributed by atoms with Gasteiger partial charge in [-0.15, -0.1) is 0 Å². The number of amides is 1. The third-order valence-electron chi connectivity index (χ3n) is 3.20. The van der Waals surface area contributed by atoms with Crippen LogP contribution < -0.4 is 10.1 Å². The summed E-state index contributed by atoms with van der Waals surface area (Å²) in [5, 5.41) is 12.4. The number of rotatable bonds is 6. The molecule has 2 aromatic carbocycles. The molecule has 6 heteroatoms. The smallest absolute Gasteiger partial charge is 0.266 e. The highest BCUT2D eigenvalue weighted by Gasteiger charge is 2.10. The summed E-state index contributed by atoms with van der Waals surface area (Å²) in [6.45, 7) is 2.59. The van der Waals surface area contributed by atoms with Gasteiger partial charge in [0.2, 0.25) is 0 Å². The average Bonchev–Trinajstić information content (AvgIpc) is 2.60. The van der Waals surface area contributed by atoms with E-state index in [9.17, 15) is 10.1 Å². The van der Waals surface area contributed by atoms with E-state index >= 15 is 0 Å². The first-order chi connectivity index (χ1) is 12.0. The maximum absolute atomic E-state index is 12.3. The molecule has 0 unspecified atom stereocenters. The van der Waals surface area contributed by atoms with E-state index in [1.807, 2.05) is 13.0 Å². The lowest BCUT2D eigenvalue weighted by Gasteiger charge is -2.08. The van der Waals surface area contributed by atoms with Crippen LogP contribution in [0.2, 0.25) is 5.02 Å². The molecule has 0 saturated carbocycles. The van der Waals surface area contributed by atoms with Crippen LogP contribution in [0.1, 0.15) is 18.9 Å². The van der Waals surface area contributed by atoms with Gasteiger partial charge >= 0.3 is 0 Å². The Bertz CT molecular complexity index is 826. The first-order valence-corrected chi connectivity index (χ1v) is 8.81. The van der Waals surface area contributed by atoms with Crippen molar-refractivity contribution in [3.05, 3.63) is 63.1 Å². The highest BCUT2D eigenvalue weighted by molar-refractivity contribution is 9.10. The molecule has 0 aromatic heterocycles. The first-order valence-electron chi connectivity index (χ1n) is 7.64. The zero-order valence-corrected chi connectivity index (χ0v) is 15.9. The maximum Gasteiger partial charge on any atom is 0.266 e. The van der Waals surface area contributed by atoms with Gasteiger partial charge < -0.3 is 10.1 Å². The second kappa shape index (κ2) is 9.26. The van der Waals surface area contributed by atoms with Crippen LogP contribution in [0.25, 0.3) is 6.08 Å². The van der Waals surface area contributed by atoms with Crippen LogP contribution in [0.4, 0.5) is 5.69 Å². The fourth-order valence-electron chi connectivity index (χ4n) is 1.98. The summed E-state index contributed by atoms with van der Waals surface area (Å²) in [7, 11) is 0. The van der Waals surface area contributed by atoms with Gasteiger partial charge in [-0.2, -0.15) is 5.26 Å². The summed E-state index contributed by atoms with van der Waals surface area (Å²) in [4.78, 5) is 12.3. The van der Waals surface area contributed by atoms with E-state index in [2.05, 4.69) is 21.2 Å². The topological polar surface area (TPSA) is 62.1 Å². The number of ether oxygens (including phenoxy) is 1. The van der Waals surface area contributed by atoms with Crippen molar-refractivity contribution in [2.24, 2.45) is 0 Å². The van der Waals surface area contributed by atoms with Crippen molar-refractivity contribution in [1.82, 2.24) is 0 Å². The van der Waals surface area contributed by atoms with Gasteiger partial charge in [0, 0.05) is 10.2 Å². The molecule has 2 aromatic rings. The molecule has 0 aliphatic carbocycles. The molecule has 0 spiro atoms. The SMILES string of the molecule is CCCOc1ccc(/C=C(\C#N)C(=O)Nc2ccc(Br)cc2)cc1Cl. The van der Waals surface area contributed by atoms with E-state index in [4.69, 9.17) is 16.3 Å². The Kier molecular flexibility index (Phi) is 7.05. The second-order valence-corrected chi connectivity index (χ2v) is 6.49. The summed E-state index contributed by atoms with van der Waals surface area (Å²) in [5.41, 5.74) is 1.24. The molecule has 0 saturated heterocycles. The van der Waals surface area contributed by atoms with Gasteiger partial charge in [0.25, 0.3) is 5.91 Å². The Morgan fingerprint density at radius 2 is 2.04 bits per heavy atom. The minimum Gasteiger partial charge on any atom is -0.492 e. The molecular formula is C19H16BrClN2O2. The van der Waals surface area contributed by atoms with Crippen molar-refractivity contribution in [2.75, 3.05) is 11.9 Å². The van der Waals surface area contributed by atoms with E-state index in [1.54, 1.807) is 42.5 Å². The Labute approximate surface area is 160 Å². The van der Waals surface area contributed by atoms with Crippen LogP contribution in [-0.4, -0.2) is 12.5 Å². The lowest BCUT2D eigenvalue weighted by Crippen LogP contribution is -2.13. The van der Waals surface area contributed by atoms with Crippen molar-refractivity contribution >= 4 is 45.2 Å². The number of nitrogens with zero attached hydrogens (tertiary/aromatic N) is 1. The quantitative estimate of drug-likeness (QED) is 0.501. The number of hydrogen-bond acceptors (Lipinski definition) is 3. The molecule has 25 heavy (non-hydrogen) atoms. The summed E-state index contributed by atoms with van der Waals surface area (Å²) < 4.78 is 6.41. The minimum absolute atomic E-state index is 0.0128. The van der Waals surface area contributed by atoms with Crippen LogP contribution >= 0.6 is 27.5 Å². The molecular weight excluding hydrogens is 404 g/mol. The molecule has 0 radical (unpaired) electrons. The van der Waals surface area contributed by atoms with Crippen LogP contribution in [0.15, 0.2) is 52.5 Å². The summed E-state index contributed by atoms with van der Waals surface area (Å²) in [5.74, 6) is 0.103. The third-order valence-corrected chi connectivity index (χ3v) is 4.02. The zero-order chi connectivity index (χ0) is 18.2. The van der Waals surface area contributed by atoms with Crippen LogP contribution in [0, 0.1) is 11.3 Å². The number of carbonyl (C=O) groups is 1. The van der Waals surface area contributed by atoms with E-state index in [0.29, 0.717) is 28.6 Å². The van der Waals surface area contributed by atoms with Crippen molar-refractivity contribution in [3.63, 3.8) is 0 Å². The molecule has 1 amide bonds. The monoisotopic (exact) mass is 418 g/mol. The van der Waals surface area contributed by atoms with E-state index in [0.717, 1.165) is 10.9 Å². The van der Waals surface area contributed by atoms with Crippen molar-refractivity contribution < 1.29 is 9.53 Å². The Balaban J connectivity index is 2.16. The zero-order valence-electron chi connectivity index (χ0n) is 13.6. The van der Waals surface area contributed by atoms with Crippen molar-refractivity contribution in [2.45, 2.75) is 13.3 Å². The molecule has 0 aliphatic heterocycles. The summed E-state index contributed by atoms with van der Waals surface area (Å²) in [6, 6.07) is 14.2. The van der Waals surface area contributed by atoms with Gasteiger partial charge in [-0.05, 0) is 54.5 Å². The number of carbonyl (C=O) groups excluding carboxylic acids is 1. The highest BCUT2D eigenvalue weighted by atomic mass is 79.9. The molecule has 0 bridgehead atoms.